The minimum Gasteiger partial charge on any atom is -0.441 e. The average Bonchev–Trinajstić information content (AvgIpc) is 2.92. The monoisotopic (exact) mass is 329 g/mol. The van der Waals surface area contributed by atoms with Crippen molar-refractivity contribution in [1.29, 1.82) is 0 Å². The zero-order chi connectivity index (χ0) is 17.3. The lowest BCUT2D eigenvalue weighted by Crippen LogP contribution is -2.50. The molecule has 6 nitrogen and oxygen atoms in total. The molecule has 0 radical (unpaired) electrons. The molecule has 2 aromatic rings. The van der Waals surface area contributed by atoms with Gasteiger partial charge in [0.1, 0.15) is 5.52 Å². The summed E-state index contributed by atoms with van der Waals surface area (Å²) >= 11 is 0. The Labute approximate surface area is 141 Å². The number of oxazole rings is 1. The number of carbonyl (C=O) groups excluding carboxylic acids is 2. The van der Waals surface area contributed by atoms with E-state index in [1.165, 1.54) is 0 Å². The fourth-order valence-corrected chi connectivity index (χ4v) is 3.00. The Morgan fingerprint density at radius 2 is 1.83 bits per heavy atom. The molecule has 0 bridgehead atoms. The Morgan fingerprint density at radius 1 is 1.17 bits per heavy atom. The molecule has 0 N–H and O–H groups in total. The van der Waals surface area contributed by atoms with E-state index >= 15 is 0 Å². The van der Waals surface area contributed by atoms with Crippen LogP contribution in [-0.4, -0.2) is 52.8 Å². The summed E-state index contributed by atoms with van der Waals surface area (Å²) in [4.78, 5) is 32.7. The lowest BCUT2D eigenvalue weighted by Gasteiger charge is -2.35. The summed E-state index contributed by atoms with van der Waals surface area (Å²) in [6, 6.07) is 5.32. The second kappa shape index (κ2) is 6.63. The van der Waals surface area contributed by atoms with Gasteiger partial charge in [0, 0.05) is 45.1 Å². The van der Waals surface area contributed by atoms with E-state index in [1.54, 1.807) is 30.0 Å². The van der Waals surface area contributed by atoms with Gasteiger partial charge in [-0.15, -0.1) is 0 Å². The van der Waals surface area contributed by atoms with Crippen LogP contribution in [0.4, 0.5) is 0 Å². The molecule has 2 heterocycles. The van der Waals surface area contributed by atoms with Crippen molar-refractivity contribution in [2.75, 3.05) is 26.2 Å². The van der Waals surface area contributed by atoms with E-state index in [2.05, 4.69) is 4.98 Å². The SMILES string of the molecule is Cc1nc2cc(C(=O)N3CCN(C(=O)CC(C)C)CC3)ccc2o1. The van der Waals surface area contributed by atoms with Gasteiger partial charge in [0.2, 0.25) is 5.91 Å². The number of fused-ring (bicyclic) bond motifs is 1. The van der Waals surface area contributed by atoms with Crippen LogP contribution in [0, 0.1) is 12.8 Å². The molecule has 1 aromatic carbocycles. The first-order chi connectivity index (χ1) is 11.4. The van der Waals surface area contributed by atoms with E-state index in [0.717, 1.165) is 0 Å². The third kappa shape index (κ3) is 3.42. The average molecular weight is 329 g/mol. The maximum absolute atomic E-state index is 12.7. The van der Waals surface area contributed by atoms with Gasteiger partial charge in [-0.05, 0) is 24.1 Å². The number of aryl methyl sites for hydroxylation is 1. The fourth-order valence-electron chi connectivity index (χ4n) is 3.00. The van der Waals surface area contributed by atoms with Gasteiger partial charge in [0.25, 0.3) is 5.91 Å². The Bertz CT molecular complexity index is 758. The highest BCUT2D eigenvalue weighted by Gasteiger charge is 2.25. The van der Waals surface area contributed by atoms with Crippen LogP contribution in [0.3, 0.4) is 0 Å². The highest BCUT2D eigenvalue weighted by Crippen LogP contribution is 2.18. The van der Waals surface area contributed by atoms with Crippen LogP contribution in [0.15, 0.2) is 22.6 Å². The van der Waals surface area contributed by atoms with Crippen LogP contribution in [0.1, 0.15) is 36.5 Å². The Kier molecular flexibility index (Phi) is 4.55. The summed E-state index contributed by atoms with van der Waals surface area (Å²) in [7, 11) is 0. The predicted octanol–water partition coefficient (Wildman–Crippen LogP) is 2.47. The lowest BCUT2D eigenvalue weighted by atomic mass is 10.1. The maximum Gasteiger partial charge on any atom is 0.254 e. The minimum absolute atomic E-state index is 0.0199. The Morgan fingerprint density at radius 3 is 2.50 bits per heavy atom. The van der Waals surface area contributed by atoms with Crippen molar-refractivity contribution in [1.82, 2.24) is 14.8 Å². The summed E-state index contributed by atoms with van der Waals surface area (Å²) in [6.07, 6.45) is 0.566. The highest BCUT2D eigenvalue weighted by atomic mass is 16.3. The van der Waals surface area contributed by atoms with Gasteiger partial charge in [-0.25, -0.2) is 4.98 Å². The number of aromatic nitrogens is 1. The zero-order valence-electron chi connectivity index (χ0n) is 14.4. The first-order valence-corrected chi connectivity index (χ1v) is 8.38. The third-order valence-corrected chi connectivity index (χ3v) is 4.24. The number of carbonyl (C=O) groups is 2. The number of benzene rings is 1. The van der Waals surface area contributed by atoms with Gasteiger partial charge < -0.3 is 14.2 Å². The van der Waals surface area contributed by atoms with Crippen molar-refractivity contribution in [2.24, 2.45) is 5.92 Å². The topological polar surface area (TPSA) is 66.7 Å². The van der Waals surface area contributed by atoms with Crippen molar-refractivity contribution in [3.8, 4) is 0 Å². The summed E-state index contributed by atoms with van der Waals surface area (Å²) in [5.41, 5.74) is 2.00. The van der Waals surface area contributed by atoms with Crippen molar-refractivity contribution in [2.45, 2.75) is 27.2 Å². The molecule has 1 fully saturated rings. The number of nitrogens with zero attached hydrogens (tertiary/aromatic N) is 3. The maximum atomic E-state index is 12.7. The smallest absolute Gasteiger partial charge is 0.254 e. The number of amides is 2. The summed E-state index contributed by atoms with van der Waals surface area (Å²) in [6.45, 7) is 8.20. The van der Waals surface area contributed by atoms with Gasteiger partial charge in [-0.2, -0.15) is 0 Å². The second-order valence-corrected chi connectivity index (χ2v) is 6.69. The summed E-state index contributed by atoms with van der Waals surface area (Å²) in [5, 5.41) is 0. The molecule has 1 aromatic heterocycles. The molecule has 0 spiro atoms. The first-order valence-electron chi connectivity index (χ1n) is 8.38. The number of hydrogen-bond acceptors (Lipinski definition) is 4. The highest BCUT2D eigenvalue weighted by molar-refractivity contribution is 5.97. The molecule has 1 aliphatic rings. The molecular formula is C18H23N3O3. The van der Waals surface area contributed by atoms with Crippen molar-refractivity contribution < 1.29 is 14.0 Å². The molecule has 0 aliphatic carbocycles. The van der Waals surface area contributed by atoms with Crippen LogP contribution >= 0.6 is 0 Å². The van der Waals surface area contributed by atoms with E-state index in [4.69, 9.17) is 4.42 Å². The van der Waals surface area contributed by atoms with Gasteiger partial charge in [0.05, 0.1) is 0 Å². The van der Waals surface area contributed by atoms with Gasteiger partial charge in [-0.1, -0.05) is 13.8 Å². The van der Waals surface area contributed by atoms with Crippen LogP contribution < -0.4 is 0 Å². The van der Waals surface area contributed by atoms with E-state index < -0.39 is 0 Å². The Hall–Kier alpha value is -2.37. The van der Waals surface area contributed by atoms with E-state index in [0.29, 0.717) is 61.1 Å². The van der Waals surface area contributed by atoms with Crippen molar-refractivity contribution in [3.63, 3.8) is 0 Å². The number of rotatable bonds is 3. The lowest BCUT2D eigenvalue weighted by molar-refractivity contribution is -0.133. The normalized spacial score (nSPS) is 15.3. The molecule has 1 saturated heterocycles. The third-order valence-electron chi connectivity index (χ3n) is 4.24. The molecule has 1 aliphatic heterocycles. The van der Waals surface area contributed by atoms with Crippen LogP contribution in [-0.2, 0) is 4.79 Å². The largest absolute Gasteiger partial charge is 0.441 e. The molecule has 0 saturated carbocycles. The van der Waals surface area contributed by atoms with Gasteiger partial charge in [-0.3, -0.25) is 9.59 Å². The van der Waals surface area contributed by atoms with Crippen LogP contribution in [0.25, 0.3) is 11.1 Å². The number of piperazine rings is 1. The second-order valence-electron chi connectivity index (χ2n) is 6.69. The molecule has 0 unspecified atom stereocenters. The fraction of sp³-hybridized carbons (Fsp3) is 0.500. The van der Waals surface area contributed by atoms with Gasteiger partial charge in [0.15, 0.2) is 11.5 Å². The first kappa shape index (κ1) is 16.5. The van der Waals surface area contributed by atoms with Crippen LogP contribution in [0.5, 0.6) is 0 Å². The van der Waals surface area contributed by atoms with E-state index in [9.17, 15) is 9.59 Å². The standard InChI is InChI=1S/C18H23N3O3/c1-12(2)10-17(22)20-6-8-21(9-7-20)18(23)14-4-5-16-15(11-14)19-13(3)24-16/h4-5,11-12H,6-10H2,1-3H3. The quantitative estimate of drug-likeness (QED) is 0.867. The molecule has 6 heteroatoms. The molecule has 2 amide bonds. The minimum atomic E-state index is -0.0199. The zero-order valence-corrected chi connectivity index (χ0v) is 14.4. The molecule has 128 valence electrons. The number of hydrogen-bond donors (Lipinski definition) is 0. The van der Waals surface area contributed by atoms with Crippen molar-refractivity contribution >= 4 is 22.9 Å². The van der Waals surface area contributed by atoms with Crippen molar-refractivity contribution in [3.05, 3.63) is 29.7 Å². The molecular weight excluding hydrogens is 306 g/mol. The predicted molar refractivity (Wildman–Crippen MR) is 90.7 cm³/mol. The van der Waals surface area contributed by atoms with Crippen LogP contribution in [0.2, 0.25) is 0 Å². The molecule has 3 rings (SSSR count). The summed E-state index contributed by atoms with van der Waals surface area (Å²) < 4.78 is 5.44. The summed E-state index contributed by atoms with van der Waals surface area (Å²) in [5.74, 6) is 1.10. The molecule has 24 heavy (non-hydrogen) atoms. The van der Waals surface area contributed by atoms with E-state index in [1.807, 2.05) is 18.7 Å². The Balaban J connectivity index is 1.64. The van der Waals surface area contributed by atoms with Gasteiger partial charge >= 0.3 is 0 Å². The van der Waals surface area contributed by atoms with E-state index in [-0.39, 0.29) is 11.8 Å². The molecule has 0 atom stereocenters.